The number of amides is 1. The van der Waals surface area contributed by atoms with Crippen LogP contribution in [0.4, 0.5) is 14.5 Å². The first-order valence-corrected chi connectivity index (χ1v) is 9.16. The lowest BCUT2D eigenvalue weighted by Crippen LogP contribution is -2.46. The van der Waals surface area contributed by atoms with Gasteiger partial charge in [-0.1, -0.05) is 0 Å². The van der Waals surface area contributed by atoms with E-state index in [1.165, 1.54) is 0 Å². The number of carbonyl (C=O) groups excluding carboxylic acids is 1. The fourth-order valence-electron chi connectivity index (χ4n) is 4.88. The van der Waals surface area contributed by atoms with Crippen LogP contribution in [0.2, 0.25) is 0 Å². The number of halogens is 2. The van der Waals surface area contributed by atoms with Crippen molar-refractivity contribution in [1.29, 1.82) is 0 Å². The minimum absolute atomic E-state index is 0.0608. The van der Waals surface area contributed by atoms with Gasteiger partial charge in [-0.2, -0.15) is 0 Å². The Labute approximate surface area is 145 Å². The Morgan fingerprint density at radius 1 is 1.12 bits per heavy atom. The highest BCUT2D eigenvalue weighted by Crippen LogP contribution is 2.38. The maximum Gasteiger partial charge on any atom is 0.257 e. The van der Waals surface area contributed by atoms with Crippen molar-refractivity contribution in [3.05, 3.63) is 28.8 Å². The van der Waals surface area contributed by atoms with E-state index in [4.69, 9.17) is 0 Å². The second-order valence-corrected chi connectivity index (χ2v) is 7.64. The normalized spacial score (nSPS) is 31.1. The number of benzene rings is 1. The van der Waals surface area contributed by atoms with E-state index in [2.05, 4.69) is 10.6 Å². The second kappa shape index (κ2) is 5.64. The Morgan fingerprint density at radius 2 is 2.00 bits per heavy atom. The highest BCUT2D eigenvalue weighted by atomic mass is 19.2. The van der Waals surface area contributed by atoms with Crippen molar-refractivity contribution < 1.29 is 13.6 Å². The minimum Gasteiger partial charge on any atom is -0.363 e. The van der Waals surface area contributed by atoms with Crippen molar-refractivity contribution in [2.75, 3.05) is 31.1 Å². The van der Waals surface area contributed by atoms with Crippen molar-refractivity contribution in [2.45, 2.75) is 43.9 Å². The summed E-state index contributed by atoms with van der Waals surface area (Å²) in [6.07, 6.45) is 2.87. The topological polar surface area (TPSA) is 47.6 Å². The van der Waals surface area contributed by atoms with Gasteiger partial charge in [0.15, 0.2) is 11.6 Å². The molecule has 5 nitrogen and oxygen atoms in total. The van der Waals surface area contributed by atoms with Crippen LogP contribution in [0, 0.1) is 11.6 Å². The lowest BCUT2D eigenvalue weighted by Gasteiger charge is -2.31. The third-order valence-electron chi connectivity index (χ3n) is 6.16. The summed E-state index contributed by atoms with van der Waals surface area (Å²) >= 11 is 0. The van der Waals surface area contributed by atoms with Gasteiger partial charge < -0.3 is 20.4 Å². The Bertz CT molecular complexity index is 734. The van der Waals surface area contributed by atoms with E-state index in [1.807, 2.05) is 4.90 Å². The molecule has 4 heterocycles. The van der Waals surface area contributed by atoms with Gasteiger partial charge in [0, 0.05) is 44.3 Å². The number of rotatable bonds is 2. The lowest BCUT2D eigenvalue weighted by atomic mass is 10.1. The molecular weight excluding hydrogens is 326 g/mol. The minimum atomic E-state index is -0.973. The van der Waals surface area contributed by atoms with Crippen LogP contribution in [-0.4, -0.2) is 55.1 Å². The van der Waals surface area contributed by atoms with Gasteiger partial charge in [-0.15, -0.1) is 0 Å². The zero-order valence-corrected chi connectivity index (χ0v) is 14.0. The highest BCUT2D eigenvalue weighted by Gasteiger charge is 2.42. The number of hydrogen-bond acceptors (Lipinski definition) is 4. The van der Waals surface area contributed by atoms with Crippen LogP contribution in [0.3, 0.4) is 0 Å². The molecule has 0 aliphatic carbocycles. The summed E-state index contributed by atoms with van der Waals surface area (Å²) in [4.78, 5) is 16.4. The van der Waals surface area contributed by atoms with Crippen LogP contribution in [0.25, 0.3) is 0 Å². The Balaban J connectivity index is 1.49. The van der Waals surface area contributed by atoms with Crippen LogP contribution in [0.1, 0.15) is 35.2 Å². The van der Waals surface area contributed by atoms with Crippen LogP contribution in [0.5, 0.6) is 0 Å². The molecule has 134 valence electrons. The van der Waals surface area contributed by atoms with Crippen LogP contribution < -0.4 is 15.5 Å². The quantitative estimate of drug-likeness (QED) is 0.844. The molecule has 3 unspecified atom stereocenters. The molecule has 0 saturated carbocycles. The number of carbonyl (C=O) groups is 1. The number of fused-ring (bicyclic) bond motifs is 3. The SMILES string of the molecule is O=C1c2c(cc(N3CC4CC3CN4)c(F)c2F)CN1C1CCCNC1. The monoisotopic (exact) mass is 348 g/mol. The van der Waals surface area contributed by atoms with E-state index in [0.29, 0.717) is 30.4 Å². The van der Waals surface area contributed by atoms with Crippen molar-refractivity contribution >= 4 is 11.6 Å². The number of hydrogen-bond donors (Lipinski definition) is 2. The van der Waals surface area contributed by atoms with E-state index in [0.717, 1.165) is 38.9 Å². The van der Waals surface area contributed by atoms with Gasteiger partial charge in [-0.05, 0) is 37.4 Å². The highest BCUT2D eigenvalue weighted by molar-refractivity contribution is 5.99. The van der Waals surface area contributed by atoms with E-state index >= 15 is 0 Å². The van der Waals surface area contributed by atoms with Gasteiger partial charge in [-0.3, -0.25) is 4.79 Å². The molecule has 5 rings (SSSR count). The molecule has 0 spiro atoms. The molecule has 25 heavy (non-hydrogen) atoms. The molecule has 1 amide bonds. The van der Waals surface area contributed by atoms with Crippen LogP contribution >= 0.6 is 0 Å². The molecule has 1 aromatic rings. The van der Waals surface area contributed by atoms with Gasteiger partial charge >= 0.3 is 0 Å². The summed E-state index contributed by atoms with van der Waals surface area (Å²) in [5, 5.41) is 6.65. The molecule has 0 aromatic heterocycles. The summed E-state index contributed by atoms with van der Waals surface area (Å²) in [5.74, 6) is -2.21. The van der Waals surface area contributed by atoms with Crippen LogP contribution in [-0.2, 0) is 6.54 Å². The van der Waals surface area contributed by atoms with E-state index in [1.54, 1.807) is 11.0 Å². The fourth-order valence-corrected chi connectivity index (χ4v) is 4.88. The van der Waals surface area contributed by atoms with Crippen LogP contribution in [0.15, 0.2) is 6.07 Å². The molecule has 4 aliphatic rings. The average molecular weight is 348 g/mol. The molecule has 1 aromatic carbocycles. The first-order chi connectivity index (χ1) is 12.1. The van der Waals surface area contributed by atoms with E-state index in [-0.39, 0.29) is 23.6 Å². The maximum absolute atomic E-state index is 14.8. The van der Waals surface area contributed by atoms with Gasteiger partial charge in [0.05, 0.1) is 11.3 Å². The van der Waals surface area contributed by atoms with Gasteiger partial charge in [0.25, 0.3) is 5.91 Å². The molecule has 3 fully saturated rings. The zero-order valence-electron chi connectivity index (χ0n) is 14.0. The number of nitrogens with zero attached hydrogens (tertiary/aromatic N) is 2. The van der Waals surface area contributed by atoms with Gasteiger partial charge in [0.2, 0.25) is 0 Å². The Kier molecular flexibility index (Phi) is 3.50. The molecule has 3 saturated heterocycles. The molecule has 7 heteroatoms. The molecule has 3 atom stereocenters. The predicted octanol–water partition coefficient (Wildman–Crippen LogP) is 1.22. The molecule has 0 radical (unpaired) electrons. The number of nitrogens with one attached hydrogen (secondary N) is 2. The van der Waals surface area contributed by atoms with Gasteiger partial charge in [-0.25, -0.2) is 8.78 Å². The zero-order chi connectivity index (χ0) is 17.1. The third-order valence-corrected chi connectivity index (χ3v) is 6.16. The Morgan fingerprint density at radius 3 is 2.68 bits per heavy atom. The summed E-state index contributed by atoms with van der Waals surface area (Å²) < 4.78 is 29.5. The summed E-state index contributed by atoms with van der Waals surface area (Å²) in [5.41, 5.74) is 0.885. The Hall–Kier alpha value is -1.73. The first kappa shape index (κ1) is 15.5. The molecule has 2 bridgehead atoms. The first-order valence-electron chi connectivity index (χ1n) is 9.16. The second-order valence-electron chi connectivity index (χ2n) is 7.64. The predicted molar refractivity (Wildman–Crippen MR) is 89.7 cm³/mol. The number of piperidine rings is 1. The van der Waals surface area contributed by atoms with E-state index in [9.17, 15) is 13.6 Å². The number of anilines is 1. The van der Waals surface area contributed by atoms with Crippen molar-refractivity contribution in [3.63, 3.8) is 0 Å². The van der Waals surface area contributed by atoms with Crippen molar-refractivity contribution in [1.82, 2.24) is 15.5 Å². The van der Waals surface area contributed by atoms with Crippen molar-refractivity contribution in [2.24, 2.45) is 0 Å². The molecule has 2 N–H and O–H groups in total. The standard InChI is InChI=1S/C18H22F2N4O/c19-16-14(23-9-11-5-13(23)7-22-11)4-10-8-24(12-2-1-3-21-6-12)18(25)15(10)17(16)20/h4,11-13,21-22H,1-3,5-9H2. The fraction of sp³-hybridized carbons (Fsp3) is 0.611. The van der Waals surface area contributed by atoms with Gasteiger partial charge in [0.1, 0.15) is 0 Å². The summed E-state index contributed by atoms with van der Waals surface area (Å²) in [7, 11) is 0. The molecule has 4 aliphatic heterocycles. The largest absolute Gasteiger partial charge is 0.363 e. The maximum atomic E-state index is 14.8. The van der Waals surface area contributed by atoms with E-state index < -0.39 is 11.6 Å². The summed E-state index contributed by atoms with van der Waals surface area (Å²) in [6, 6.07) is 2.34. The number of piperazine rings is 1. The third kappa shape index (κ3) is 2.29. The smallest absolute Gasteiger partial charge is 0.257 e. The summed E-state index contributed by atoms with van der Waals surface area (Å²) in [6.45, 7) is 3.55. The van der Waals surface area contributed by atoms with Crippen molar-refractivity contribution in [3.8, 4) is 0 Å². The lowest BCUT2D eigenvalue weighted by molar-refractivity contribution is 0.0671. The molecular formula is C18H22F2N4O. The average Bonchev–Trinajstić information content (AvgIpc) is 3.33.